The van der Waals surface area contributed by atoms with Gasteiger partial charge < -0.3 is 4.90 Å². The van der Waals surface area contributed by atoms with Crippen LogP contribution < -0.4 is 4.90 Å². The van der Waals surface area contributed by atoms with Crippen LogP contribution >= 0.6 is 0 Å². The third kappa shape index (κ3) is 2.32. The summed E-state index contributed by atoms with van der Waals surface area (Å²) in [6, 6.07) is 4.57. The molecule has 0 fully saturated rings. The Kier molecular flexibility index (Phi) is 2.92. The molecule has 0 radical (unpaired) electrons. The molecule has 0 aromatic heterocycles. The van der Waals surface area contributed by atoms with Crippen LogP contribution in [-0.4, -0.2) is 31.9 Å². The molecule has 0 bridgehead atoms. The van der Waals surface area contributed by atoms with E-state index in [1.54, 1.807) is 6.07 Å². The van der Waals surface area contributed by atoms with E-state index in [1.165, 1.54) is 12.1 Å². The molecule has 2 rings (SSSR count). The maximum atomic E-state index is 11.1. The monoisotopic (exact) mass is 254 g/mol. The molecular formula is C11H14N2O3S. The van der Waals surface area contributed by atoms with Gasteiger partial charge in [0.2, 0.25) is 0 Å². The average molecular weight is 254 g/mol. The second-order valence-electron chi connectivity index (χ2n) is 4.00. The fourth-order valence-corrected chi connectivity index (χ4v) is 2.39. The fourth-order valence-electron chi connectivity index (χ4n) is 1.89. The van der Waals surface area contributed by atoms with Crippen LogP contribution in [0.1, 0.15) is 12.5 Å². The maximum Gasteiger partial charge on any atom is 0.294 e. The molecule has 1 N–H and O–H groups in total. The lowest BCUT2D eigenvalue weighted by atomic mass is 10.2. The van der Waals surface area contributed by atoms with Crippen LogP contribution in [0.4, 0.5) is 5.69 Å². The first-order valence-electron chi connectivity index (χ1n) is 5.26. The Bertz CT molecular complexity index is 578. The van der Waals surface area contributed by atoms with E-state index in [0.29, 0.717) is 6.54 Å². The van der Waals surface area contributed by atoms with E-state index in [1.807, 2.05) is 18.7 Å². The molecule has 0 saturated heterocycles. The summed E-state index contributed by atoms with van der Waals surface area (Å²) < 4.78 is 31.2. The quantitative estimate of drug-likeness (QED) is 0.812. The Balaban J connectivity index is 2.51. The molecule has 0 amide bonds. The van der Waals surface area contributed by atoms with Crippen molar-refractivity contribution in [2.24, 2.45) is 4.99 Å². The first kappa shape index (κ1) is 12.1. The second kappa shape index (κ2) is 4.12. The van der Waals surface area contributed by atoms with Crippen molar-refractivity contribution in [3.05, 3.63) is 23.8 Å². The zero-order chi connectivity index (χ0) is 12.6. The molecular weight excluding hydrogens is 240 g/mol. The van der Waals surface area contributed by atoms with Gasteiger partial charge in [-0.15, -0.1) is 0 Å². The van der Waals surface area contributed by atoms with E-state index in [2.05, 4.69) is 4.99 Å². The van der Waals surface area contributed by atoms with Gasteiger partial charge in [0.25, 0.3) is 10.1 Å². The number of rotatable bonds is 2. The molecule has 1 aliphatic rings. The van der Waals surface area contributed by atoms with Gasteiger partial charge in [-0.05, 0) is 31.5 Å². The highest BCUT2D eigenvalue weighted by molar-refractivity contribution is 7.85. The minimum absolute atomic E-state index is 0.0854. The maximum absolute atomic E-state index is 11.1. The lowest BCUT2D eigenvalue weighted by Crippen LogP contribution is -2.25. The molecule has 1 aromatic carbocycles. The van der Waals surface area contributed by atoms with E-state index in [-0.39, 0.29) is 4.90 Å². The summed E-state index contributed by atoms with van der Waals surface area (Å²) in [6.45, 7) is 5.23. The van der Waals surface area contributed by atoms with Crippen LogP contribution in [0.15, 0.2) is 28.1 Å². The third-order valence-corrected chi connectivity index (χ3v) is 3.67. The molecule has 0 unspecified atom stereocenters. The Hall–Kier alpha value is -1.40. The SMILES string of the molecule is CC1=NCCN1c1cc(S(=O)(=O)O)ccc1C. The number of anilines is 1. The molecule has 1 heterocycles. The molecule has 0 atom stereocenters. The van der Waals surface area contributed by atoms with E-state index < -0.39 is 10.1 Å². The van der Waals surface area contributed by atoms with Gasteiger partial charge in [0.15, 0.2) is 0 Å². The van der Waals surface area contributed by atoms with Crippen molar-refractivity contribution in [3.8, 4) is 0 Å². The summed E-state index contributed by atoms with van der Waals surface area (Å²) in [7, 11) is -4.16. The molecule has 0 saturated carbocycles. The number of aryl methyl sites for hydroxylation is 1. The van der Waals surface area contributed by atoms with Crippen LogP contribution in [-0.2, 0) is 10.1 Å². The van der Waals surface area contributed by atoms with Gasteiger partial charge in [-0.2, -0.15) is 8.42 Å². The van der Waals surface area contributed by atoms with Crippen molar-refractivity contribution in [2.75, 3.05) is 18.0 Å². The van der Waals surface area contributed by atoms with Crippen LogP contribution in [0.25, 0.3) is 0 Å². The third-order valence-electron chi connectivity index (χ3n) is 2.82. The number of benzene rings is 1. The van der Waals surface area contributed by atoms with E-state index in [9.17, 15) is 8.42 Å². The largest absolute Gasteiger partial charge is 0.328 e. The van der Waals surface area contributed by atoms with E-state index in [0.717, 1.165) is 23.6 Å². The molecule has 92 valence electrons. The van der Waals surface area contributed by atoms with Gasteiger partial charge >= 0.3 is 0 Å². The van der Waals surface area contributed by atoms with E-state index >= 15 is 0 Å². The molecule has 6 heteroatoms. The van der Waals surface area contributed by atoms with Crippen molar-refractivity contribution < 1.29 is 13.0 Å². The topological polar surface area (TPSA) is 70.0 Å². The zero-order valence-corrected chi connectivity index (χ0v) is 10.5. The summed E-state index contributed by atoms with van der Waals surface area (Å²) in [4.78, 5) is 6.12. The molecule has 5 nitrogen and oxygen atoms in total. The summed E-state index contributed by atoms with van der Waals surface area (Å²) in [6.07, 6.45) is 0. The normalized spacial score (nSPS) is 16.2. The first-order chi connectivity index (χ1) is 7.89. The Morgan fingerprint density at radius 1 is 1.35 bits per heavy atom. The van der Waals surface area contributed by atoms with Crippen LogP contribution in [0.3, 0.4) is 0 Å². The number of amidine groups is 1. The highest BCUT2D eigenvalue weighted by Crippen LogP contribution is 2.25. The van der Waals surface area contributed by atoms with Gasteiger partial charge in [-0.25, -0.2) is 0 Å². The Morgan fingerprint density at radius 2 is 2.06 bits per heavy atom. The lowest BCUT2D eigenvalue weighted by molar-refractivity contribution is 0.483. The number of hydrogen-bond donors (Lipinski definition) is 1. The predicted octanol–water partition coefficient (Wildman–Crippen LogP) is 1.48. The van der Waals surface area contributed by atoms with Crippen molar-refractivity contribution in [2.45, 2.75) is 18.7 Å². The van der Waals surface area contributed by atoms with E-state index in [4.69, 9.17) is 4.55 Å². The van der Waals surface area contributed by atoms with Crippen LogP contribution in [0.2, 0.25) is 0 Å². The van der Waals surface area contributed by atoms with Crippen molar-refractivity contribution in [3.63, 3.8) is 0 Å². The zero-order valence-electron chi connectivity index (χ0n) is 9.71. The number of hydrogen-bond acceptors (Lipinski definition) is 4. The van der Waals surface area contributed by atoms with Gasteiger partial charge in [0.05, 0.1) is 11.4 Å². The lowest BCUT2D eigenvalue weighted by Gasteiger charge is -2.21. The molecule has 1 aromatic rings. The van der Waals surface area contributed by atoms with Crippen LogP contribution in [0, 0.1) is 6.92 Å². The molecule has 0 spiro atoms. The van der Waals surface area contributed by atoms with Gasteiger partial charge in [0.1, 0.15) is 5.84 Å². The smallest absolute Gasteiger partial charge is 0.294 e. The van der Waals surface area contributed by atoms with Crippen molar-refractivity contribution >= 4 is 21.6 Å². The minimum atomic E-state index is -4.16. The summed E-state index contributed by atoms with van der Waals surface area (Å²) in [5.74, 6) is 0.862. The second-order valence-corrected chi connectivity index (χ2v) is 5.43. The van der Waals surface area contributed by atoms with Crippen molar-refractivity contribution in [1.29, 1.82) is 0 Å². The predicted molar refractivity (Wildman–Crippen MR) is 66.3 cm³/mol. The average Bonchev–Trinajstić information content (AvgIpc) is 2.63. The molecule has 17 heavy (non-hydrogen) atoms. The van der Waals surface area contributed by atoms with Crippen LogP contribution in [0.5, 0.6) is 0 Å². The Labute approximate surface area is 101 Å². The number of nitrogens with zero attached hydrogens (tertiary/aromatic N) is 2. The Morgan fingerprint density at radius 3 is 2.59 bits per heavy atom. The summed E-state index contributed by atoms with van der Waals surface area (Å²) >= 11 is 0. The highest BCUT2D eigenvalue weighted by Gasteiger charge is 2.19. The summed E-state index contributed by atoms with van der Waals surface area (Å²) in [5.41, 5.74) is 1.73. The highest BCUT2D eigenvalue weighted by atomic mass is 32.2. The summed E-state index contributed by atoms with van der Waals surface area (Å²) in [5, 5.41) is 0. The first-order valence-corrected chi connectivity index (χ1v) is 6.70. The van der Waals surface area contributed by atoms with Gasteiger partial charge in [0, 0.05) is 12.2 Å². The minimum Gasteiger partial charge on any atom is -0.328 e. The standard InChI is InChI=1S/C11H14N2O3S/c1-8-3-4-10(17(14,15)16)7-11(8)13-6-5-12-9(13)2/h3-4,7H,5-6H2,1-2H3,(H,14,15,16). The van der Waals surface area contributed by atoms with Gasteiger partial charge in [-0.1, -0.05) is 6.07 Å². The number of aliphatic imine (C=N–C) groups is 1. The van der Waals surface area contributed by atoms with Gasteiger partial charge in [-0.3, -0.25) is 9.55 Å². The molecule has 1 aliphatic heterocycles. The van der Waals surface area contributed by atoms with Crippen molar-refractivity contribution in [1.82, 2.24) is 0 Å². The fraction of sp³-hybridized carbons (Fsp3) is 0.364. The molecule has 0 aliphatic carbocycles.